The fraction of sp³-hybridized carbons (Fsp3) is 0.900. The predicted molar refractivity (Wildman–Crippen MR) is 60.5 cm³/mol. The van der Waals surface area contributed by atoms with Crippen LogP contribution in [0.25, 0.3) is 0 Å². The van der Waals surface area contributed by atoms with Gasteiger partial charge in [0.2, 0.25) is 0 Å². The van der Waals surface area contributed by atoms with Crippen LogP contribution in [0, 0.1) is 0 Å². The number of hydrogen-bond donors (Lipinski definition) is 0. The average molecular weight is 310 g/mol. The Balaban J connectivity index is 1.91. The molecule has 2 heterocycles. The van der Waals surface area contributed by atoms with Gasteiger partial charge in [-0.15, -0.1) is 0 Å². The molecule has 14 heavy (non-hydrogen) atoms. The Morgan fingerprint density at radius 2 is 2.36 bits per heavy atom. The number of carbonyl (C=O) groups is 1. The quantitative estimate of drug-likeness (QED) is 0.455. The highest BCUT2D eigenvalue weighted by Gasteiger charge is 2.49. The zero-order valence-corrected chi connectivity index (χ0v) is 10.4. The van der Waals surface area contributed by atoms with E-state index < -0.39 is 0 Å². The van der Waals surface area contributed by atoms with Gasteiger partial charge in [0.05, 0.1) is 16.4 Å². The maximum atomic E-state index is 11.0. The highest BCUT2D eigenvalue weighted by Crippen LogP contribution is 2.37. The fourth-order valence-electron chi connectivity index (χ4n) is 2.10. The first-order valence-corrected chi connectivity index (χ1v) is 6.46. The van der Waals surface area contributed by atoms with Crippen molar-refractivity contribution in [3.8, 4) is 0 Å². The van der Waals surface area contributed by atoms with E-state index in [-0.39, 0.29) is 18.2 Å². The summed E-state index contributed by atoms with van der Waals surface area (Å²) in [4.78, 5) is 11.0. The number of halogens is 1. The Morgan fingerprint density at radius 3 is 3.00 bits per heavy atom. The SMILES string of the molecule is CCCC[C@@H]1O[C@@H]2CC(=O)O[C@@H]2[C@H]1I. The van der Waals surface area contributed by atoms with Crippen LogP contribution in [0.5, 0.6) is 0 Å². The lowest BCUT2D eigenvalue weighted by atomic mass is 10.1. The Labute approximate surface area is 97.7 Å². The minimum atomic E-state index is -0.101. The molecule has 2 saturated heterocycles. The van der Waals surface area contributed by atoms with Gasteiger partial charge < -0.3 is 9.47 Å². The first-order valence-electron chi connectivity index (χ1n) is 5.21. The molecule has 0 aliphatic carbocycles. The summed E-state index contributed by atoms with van der Waals surface area (Å²) >= 11 is 2.36. The normalized spacial score (nSPS) is 41.1. The van der Waals surface area contributed by atoms with Crippen molar-refractivity contribution in [3.63, 3.8) is 0 Å². The van der Waals surface area contributed by atoms with Crippen LogP contribution in [0.2, 0.25) is 0 Å². The van der Waals surface area contributed by atoms with Crippen molar-refractivity contribution in [2.75, 3.05) is 0 Å². The Bertz CT molecular complexity index is 231. The largest absolute Gasteiger partial charge is 0.458 e. The minimum Gasteiger partial charge on any atom is -0.458 e. The van der Waals surface area contributed by atoms with Crippen LogP contribution in [0.1, 0.15) is 32.6 Å². The number of carbonyl (C=O) groups excluding carboxylic acids is 1. The molecular formula is C10H15IO3. The summed E-state index contributed by atoms with van der Waals surface area (Å²) in [5.74, 6) is -0.101. The topological polar surface area (TPSA) is 35.5 Å². The molecule has 0 aromatic carbocycles. The molecule has 0 N–H and O–H groups in total. The van der Waals surface area contributed by atoms with Gasteiger partial charge in [-0.05, 0) is 6.42 Å². The lowest BCUT2D eigenvalue weighted by Gasteiger charge is -2.15. The molecule has 2 aliphatic rings. The number of hydrogen-bond acceptors (Lipinski definition) is 3. The molecule has 4 atom stereocenters. The second-order valence-electron chi connectivity index (χ2n) is 3.96. The van der Waals surface area contributed by atoms with Crippen molar-refractivity contribution in [2.24, 2.45) is 0 Å². The van der Waals surface area contributed by atoms with E-state index in [2.05, 4.69) is 29.5 Å². The van der Waals surface area contributed by atoms with E-state index in [0.29, 0.717) is 16.4 Å². The second kappa shape index (κ2) is 4.35. The molecule has 2 fully saturated rings. The van der Waals surface area contributed by atoms with Crippen LogP contribution >= 0.6 is 22.6 Å². The Kier molecular flexibility index (Phi) is 3.31. The van der Waals surface area contributed by atoms with Crippen LogP contribution < -0.4 is 0 Å². The first-order chi connectivity index (χ1) is 6.72. The maximum absolute atomic E-state index is 11.0. The standard InChI is InChI=1S/C10H15IO3/c1-2-3-4-6-9(11)10-7(13-6)5-8(12)14-10/h6-7,9-10H,2-5H2,1H3/t6-,7+,9-,10-/m0/s1. The predicted octanol–water partition coefficient (Wildman–Crippen LogP) is 2.06. The molecule has 3 nitrogen and oxygen atoms in total. The minimum absolute atomic E-state index is 0.0185. The lowest BCUT2D eigenvalue weighted by molar-refractivity contribution is -0.141. The molecule has 2 rings (SSSR count). The second-order valence-corrected chi connectivity index (χ2v) is 5.40. The zero-order chi connectivity index (χ0) is 10.1. The number of ether oxygens (including phenoxy) is 2. The summed E-state index contributed by atoms with van der Waals surface area (Å²) in [6.45, 7) is 2.18. The smallest absolute Gasteiger partial charge is 0.308 e. The molecule has 0 aromatic heterocycles. The summed E-state index contributed by atoms with van der Waals surface area (Å²) in [7, 11) is 0. The van der Waals surface area contributed by atoms with Gasteiger partial charge in [0.15, 0.2) is 0 Å². The maximum Gasteiger partial charge on any atom is 0.308 e. The number of rotatable bonds is 3. The number of esters is 1. The van der Waals surface area contributed by atoms with Crippen molar-refractivity contribution in [2.45, 2.75) is 54.8 Å². The summed E-state index contributed by atoms with van der Waals surface area (Å²) in [6.07, 6.45) is 4.27. The summed E-state index contributed by atoms with van der Waals surface area (Å²) in [5.41, 5.74) is 0. The number of alkyl halides is 1. The third kappa shape index (κ3) is 1.91. The van der Waals surface area contributed by atoms with E-state index >= 15 is 0 Å². The van der Waals surface area contributed by atoms with Crippen molar-refractivity contribution >= 4 is 28.6 Å². The highest BCUT2D eigenvalue weighted by molar-refractivity contribution is 14.1. The van der Waals surface area contributed by atoms with E-state index in [9.17, 15) is 4.79 Å². The van der Waals surface area contributed by atoms with E-state index in [1.807, 2.05) is 0 Å². The van der Waals surface area contributed by atoms with Gasteiger partial charge in [0.25, 0.3) is 0 Å². The van der Waals surface area contributed by atoms with Gasteiger partial charge in [0, 0.05) is 0 Å². The fourth-order valence-corrected chi connectivity index (χ4v) is 3.23. The Hall–Kier alpha value is 0.160. The average Bonchev–Trinajstić information content (AvgIpc) is 2.63. The summed E-state index contributed by atoms with van der Waals surface area (Å²) < 4.78 is 11.4. The van der Waals surface area contributed by atoms with Crippen molar-refractivity contribution in [1.29, 1.82) is 0 Å². The Morgan fingerprint density at radius 1 is 1.57 bits per heavy atom. The van der Waals surface area contributed by atoms with E-state index in [4.69, 9.17) is 9.47 Å². The first kappa shape index (κ1) is 10.7. The van der Waals surface area contributed by atoms with Crippen molar-refractivity contribution < 1.29 is 14.3 Å². The molecule has 0 aromatic rings. The molecule has 80 valence electrons. The molecule has 0 unspecified atom stereocenters. The van der Waals surface area contributed by atoms with E-state index in [1.54, 1.807) is 0 Å². The zero-order valence-electron chi connectivity index (χ0n) is 8.24. The number of unbranched alkanes of at least 4 members (excludes halogenated alkanes) is 1. The van der Waals surface area contributed by atoms with Crippen LogP contribution in [0.15, 0.2) is 0 Å². The van der Waals surface area contributed by atoms with Crippen LogP contribution in [-0.4, -0.2) is 28.2 Å². The van der Waals surface area contributed by atoms with E-state index in [0.717, 1.165) is 6.42 Å². The van der Waals surface area contributed by atoms with Gasteiger partial charge in [-0.1, -0.05) is 42.4 Å². The highest BCUT2D eigenvalue weighted by atomic mass is 127. The van der Waals surface area contributed by atoms with E-state index in [1.165, 1.54) is 12.8 Å². The van der Waals surface area contributed by atoms with Crippen LogP contribution in [-0.2, 0) is 14.3 Å². The molecule has 0 saturated carbocycles. The third-order valence-electron chi connectivity index (χ3n) is 2.86. The van der Waals surface area contributed by atoms with Crippen LogP contribution in [0.3, 0.4) is 0 Å². The summed E-state index contributed by atoms with van der Waals surface area (Å²) in [6, 6.07) is 0. The van der Waals surface area contributed by atoms with Gasteiger partial charge in [0.1, 0.15) is 12.2 Å². The van der Waals surface area contributed by atoms with Gasteiger partial charge in [-0.3, -0.25) is 4.79 Å². The summed E-state index contributed by atoms with van der Waals surface area (Å²) in [5, 5.41) is 0. The van der Waals surface area contributed by atoms with Gasteiger partial charge >= 0.3 is 5.97 Å². The molecule has 0 spiro atoms. The third-order valence-corrected chi connectivity index (χ3v) is 4.37. The van der Waals surface area contributed by atoms with Gasteiger partial charge in [-0.25, -0.2) is 0 Å². The molecule has 2 aliphatic heterocycles. The molecule has 0 amide bonds. The molecule has 4 heteroatoms. The molecule has 0 bridgehead atoms. The number of fused-ring (bicyclic) bond motifs is 1. The van der Waals surface area contributed by atoms with Gasteiger partial charge in [-0.2, -0.15) is 0 Å². The van der Waals surface area contributed by atoms with Crippen molar-refractivity contribution in [1.82, 2.24) is 0 Å². The monoisotopic (exact) mass is 310 g/mol. The molecule has 0 radical (unpaired) electrons. The lowest BCUT2D eigenvalue weighted by Crippen LogP contribution is -2.26. The van der Waals surface area contributed by atoms with Crippen molar-refractivity contribution in [3.05, 3.63) is 0 Å². The van der Waals surface area contributed by atoms with Crippen LogP contribution in [0.4, 0.5) is 0 Å². The molecular weight excluding hydrogens is 295 g/mol.